The van der Waals surface area contributed by atoms with Crippen molar-refractivity contribution < 1.29 is 19.5 Å². The van der Waals surface area contributed by atoms with Crippen molar-refractivity contribution >= 4 is 17.9 Å². The van der Waals surface area contributed by atoms with Crippen LogP contribution in [0.5, 0.6) is 0 Å². The van der Waals surface area contributed by atoms with E-state index in [2.05, 4.69) is 10.6 Å². The molecule has 3 N–H and O–H groups in total. The summed E-state index contributed by atoms with van der Waals surface area (Å²) in [4.78, 5) is 35.2. The van der Waals surface area contributed by atoms with Crippen LogP contribution in [0.1, 0.15) is 26.2 Å². The maximum atomic E-state index is 11.7. The Kier molecular flexibility index (Phi) is 5.41. The topological polar surface area (TPSA) is 98.7 Å². The smallest absolute Gasteiger partial charge is 0.325 e. The molecule has 0 aromatic heterocycles. The molecule has 7 heteroatoms. The van der Waals surface area contributed by atoms with Crippen molar-refractivity contribution in [2.24, 2.45) is 0 Å². The molecule has 0 radical (unpaired) electrons. The van der Waals surface area contributed by atoms with E-state index in [-0.39, 0.29) is 12.5 Å². The minimum absolute atomic E-state index is 0.0990. The number of piperidine rings is 1. The number of amides is 3. The molecule has 7 nitrogen and oxygen atoms in total. The van der Waals surface area contributed by atoms with E-state index in [1.807, 2.05) is 0 Å². The van der Waals surface area contributed by atoms with Crippen LogP contribution in [0.15, 0.2) is 0 Å². The van der Waals surface area contributed by atoms with Crippen LogP contribution in [-0.4, -0.2) is 53.6 Å². The first-order valence-electron chi connectivity index (χ1n) is 6.05. The van der Waals surface area contributed by atoms with Gasteiger partial charge in [-0.25, -0.2) is 4.79 Å². The number of nitrogens with one attached hydrogen (secondary N) is 2. The average Bonchev–Trinajstić information content (AvgIpc) is 2.36. The van der Waals surface area contributed by atoms with Gasteiger partial charge in [0.25, 0.3) is 0 Å². The van der Waals surface area contributed by atoms with E-state index in [1.165, 1.54) is 6.92 Å². The summed E-state index contributed by atoms with van der Waals surface area (Å²) in [6.45, 7) is 2.72. The van der Waals surface area contributed by atoms with Crippen molar-refractivity contribution in [2.75, 3.05) is 19.6 Å². The molecule has 1 fully saturated rings. The van der Waals surface area contributed by atoms with Crippen molar-refractivity contribution in [2.45, 2.75) is 32.2 Å². The van der Waals surface area contributed by atoms with Gasteiger partial charge in [0.2, 0.25) is 5.91 Å². The van der Waals surface area contributed by atoms with E-state index < -0.39 is 18.0 Å². The molecule has 1 saturated heterocycles. The van der Waals surface area contributed by atoms with Gasteiger partial charge in [0, 0.05) is 13.1 Å². The quantitative estimate of drug-likeness (QED) is 0.648. The van der Waals surface area contributed by atoms with Crippen LogP contribution in [0.2, 0.25) is 0 Å². The number of carboxylic acids is 1. The molecule has 0 unspecified atom stereocenters. The fourth-order valence-corrected chi connectivity index (χ4v) is 1.72. The first-order valence-corrected chi connectivity index (χ1v) is 6.05. The number of carbonyl (C=O) groups excluding carboxylic acids is 2. The molecule has 3 amide bonds. The summed E-state index contributed by atoms with van der Waals surface area (Å²) in [6.07, 6.45) is 3.12. The maximum Gasteiger partial charge on any atom is 0.325 e. The standard InChI is InChI=1S/C11H19N3O4/c1-8(10(16)17)13-11(18)12-7-9(15)14-5-3-2-4-6-14/h8H,2-7H2,1H3,(H,16,17)(H2,12,13,18)/t8-/m0/s1. The van der Waals surface area contributed by atoms with E-state index in [0.717, 1.165) is 32.4 Å². The summed E-state index contributed by atoms with van der Waals surface area (Å²) in [7, 11) is 0. The van der Waals surface area contributed by atoms with Crippen LogP contribution in [0, 0.1) is 0 Å². The lowest BCUT2D eigenvalue weighted by molar-refractivity contribution is -0.138. The number of aliphatic carboxylic acids is 1. The SMILES string of the molecule is C[C@H](NC(=O)NCC(=O)N1CCCCC1)C(=O)O. The Morgan fingerprint density at radius 3 is 2.39 bits per heavy atom. The number of carboxylic acid groups (broad SMARTS) is 1. The third kappa shape index (κ3) is 4.60. The van der Waals surface area contributed by atoms with Crippen LogP contribution in [0.25, 0.3) is 0 Å². The Hall–Kier alpha value is -1.79. The number of hydrogen-bond acceptors (Lipinski definition) is 3. The molecule has 0 bridgehead atoms. The molecule has 1 aliphatic heterocycles. The molecule has 0 aliphatic carbocycles. The van der Waals surface area contributed by atoms with Crippen molar-refractivity contribution in [1.29, 1.82) is 0 Å². The normalized spacial score (nSPS) is 16.8. The molecule has 0 aromatic carbocycles. The second-order valence-electron chi connectivity index (χ2n) is 4.33. The van der Waals surface area contributed by atoms with Gasteiger partial charge in [0.1, 0.15) is 6.04 Å². The number of carbonyl (C=O) groups is 3. The summed E-state index contributed by atoms with van der Waals surface area (Å²) >= 11 is 0. The highest BCUT2D eigenvalue weighted by atomic mass is 16.4. The molecule has 0 aromatic rings. The zero-order valence-electron chi connectivity index (χ0n) is 10.4. The molecular formula is C11H19N3O4. The maximum absolute atomic E-state index is 11.7. The highest BCUT2D eigenvalue weighted by Crippen LogP contribution is 2.08. The number of hydrogen-bond donors (Lipinski definition) is 3. The number of likely N-dealkylation sites (tertiary alicyclic amines) is 1. The molecule has 1 rings (SSSR count). The van der Waals surface area contributed by atoms with E-state index in [0.29, 0.717) is 0 Å². The fraction of sp³-hybridized carbons (Fsp3) is 0.727. The third-order valence-corrected chi connectivity index (χ3v) is 2.83. The molecular weight excluding hydrogens is 238 g/mol. The number of rotatable bonds is 4. The van der Waals surface area contributed by atoms with Crippen molar-refractivity contribution in [3.63, 3.8) is 0 Å². The van der Waals surface area contributed by atoms with Crippen LogP contribution in [0.3, 0.4) is 0 Å². The first-order chi connectivity index (χ1) is 8.50. The summed E-state index contributed by atoms with van der Waals surface area (Å²) in [5.41, 5.74) is 0. The Labute approximate surface area is 106 Å². The number of nitrogens with zero attached hydrogens (tertiary/aromatic N) is 1. The van der Waals surface area contributed by atoms with Gasteiger partial charge in [0.15, 0.2) is 0 Å². The largest absolute Gasteiger partial charge is 0.480 e. The van der Waals surface area contributed by atoms with Gasteiger partial charge >= 0.3 is 12.0 Å². The molecule has 1 atom stereocenters. The summed E-state index contributed by atoms with van der Waals surface area (Å²) < 4.78 is 0. The summed E-state index contributed by atoms with van der Waals surface area (Å²) in [5.74, 6) is -1.25. The van der Waals surface area contributed by atoms with Crippen molar-refractivity contribution in [1.82, 2.24) is 15.5 Å². The van der Waals surface area contributed by atoms with Gasteiger partial charge in [-0.2, -0.15) is 0 Å². The summed E-state index contributed by atoms with van der Waals surface area (Å²) in [6, 6.07) is -1.62. The lowest BCUT2D eigenvalue weighted by atomic mass is 10.1. The van der Waals surface area contributed by atoms with Crippen LogP contribution in [0.4, 0.5) is 4.79 Å². The van der Waals surface area contributed by atoms with Crippen LogP contribution >= 0.6 is 0 Å². The van der Waals surface area contributed by atoms with Gasteiger partial charge in [-0.3, -0.25) is 9.59 Å². The van der Waals surface area contributed by atoms with Gasteiger partial charge in [-0.1, -0.05) is 0 Å². The summed E-state index contributed by atoms with van der Waals surface area (Å²) in [5, 5.41) is 13.2. The highest BCUT2D eigenvalue weighted by Gasteiger charge is 2.18. The average molecular weight is 257 g/mol. The minimum atomic E-state index is -1.12. The second kappa shape index (κ2) is 6.83. The molecule has 102 valence electrons. The molecule has 0 saturated carbocycles. The van der Waals surface area contributed by atoms with Crippen LogP contribution < -0.4 is 10.6 Å². The van der Waals surface area contributed by atoms with Crippen molar-refractivity contribution in [3.05, 3.63) is 0 Å². The third-order valence-electron chi connectivity index (χ3n) is 2.83. The van der Waals surface area contributed by atoms with Crippen molar-refractivity contribution in [3.8, 4) is 0 Å². The van der Waals surface area contributed by atoms with Gasteiger partial charge in [0.05, 0.1) is 6.54 Å². The Bertz CT molecular complexity index is 326. The predicted molar refractivity (Wildman–Crippen MR) is 64.1 cm³/mol. The lowest BCUT2D eigenvalue weighted by Gasteiger charge is -2.26. The molecule has 1 heterocycles. The minimum Gasteiger partial charge on any atom is -0.480 e. The van der Waals surface area contributed by atoms with Gasteiger partial charge in [-0.15, -0.1) is 0 Å². The monoisotopic (exact) mass is 257 g/mol. The van der Waals surface area contributed by atoms with Gasteiger partial charge < -0.3 is 20.6 Å². The van der Waals surface area contributed by atoms with E-state index in [4.69, 9.17) is 5.11 Å². The second-order valence-corrected chi connectivity index (χ2v) is 4.33. The predicted octanol–water partition coefficient (Wildman–Crippen LogP) is -0.229. The Morgan fingerprint density at radius 2 is 1.83 bits per heavy atom. The first kappa shape index (κ1) is 14.3. The molecule has 0 spiro atoms. The van der Waals surface area contributed by atoms with Gasteiger partial charge in [-0.05, 0) is 26.2 Å². The fourth-order valence-electron chi connectivity index (χ4n) is 1.72. The zero-order valence-corrected chi connectivity index (χ0v) is 10.4. The van der Waals surface area contributed by atoms with E-state index in [9.17, 15) is 14.4 Å². The lowest BCUT2D eigenvalue weighted by Crippen LogP contribution is -2.48. The van der Waals surface area contributed by atoms with E-state index >= 15 is 0 Å². The zero-order chi connectivity index (χ0) is 13.5. The van der Waals surface area contributed by atoms with Crippen LogP contribution in [-0.2, 0) is 9.59 Å². The Balaban J connectivity index is 2.25. The molecule has 1 aliphatic rings. The Morgan fingerprint density at radius 1 is 1.22 bits per heavy atom. The molecule has 18 heavy (non-hydrogen) atoms. The number of urea groups is 1. The highest BCUT2D eigenvalue weighted by molar-refractivity contribution is 5.86. The van der Waals surface area contributed by atoms with E-state index in [1.54, 1.807) is 4.90 Å².